The van der Waals surface area contributed by atoms with Crippen LogP contribution >= 0.6 is 11.8 Å². The van der Waals surface area contributed by atoms with E-state index in [0.717, 1.165) is 61.6 Å². The first-order chi connectivity index (χ1) is 12.3. The normalized spacial score (nSPS) is 15.6. The van der Waals surface area contributed by atoms with Crippen LogP contribution in [0.3, 0.4) is 0 Å². The summed E-state index contributed by atoms with van der Waals surface area (Å²) >= 11 is 1.97. The summed E-state index contributed by atoms with van der Waals surface area (Å²) in [5.74, 6) is 3.65. The quantitative estimate of drug-likeness (QED) is 0.708. The molecule has 0 aliphatic carbocycles. The number of H-pyrrole nitrogens is 1. The number of amides is 1. The van der Waals surface area contributed by atoms with Gasteiger partial charge in [-0.3, -0.25) is 4.79 Å². The van der Waals surface area contributed by atoms with Gasteiger partial charge in [-0.25, -0.2) is 4.98 Å². The molecule has 3 rings (SSSR count). The summed E-state index contributed by atoms with van der Waals surface area (Å²) in [4.78, 5) is 22.6. The smallest absolute Gasteiger partial charge is 0.223 e. The summed E-state index contributed by atoms with van der Waals surface area (Å²) in [6.07, 6.45) is 4.08. The molecule has 1 saturated heterocycles. The summed E-state index contributed by atoms with van der Waals surface area (Å²) < 4.78 is 0. The molecule has 25 heavy (non-hydrogen) atoms. The van der Waals surface area contributed by atoms with E-state index in [1.165, 1.54) is 12.2 Å². The number of carbonyl (C=O) groups is 1. The Kier molecular flexibility index (Phi) is 6.62. The van der Waals surface area contributed by atoms with Crippen molar-refractivity contribution < 1.29 is 4.79 Å². The summed E-state index contributed by atoms with van der Waals surface area (Å²) in [6.45, 7) is 4.76. The molecule has 2 aromatic rings. The highest BCUT2D eigenvalue weighted by molar-refractivity contribution is 7.99. The van der Waals surface area contributed by atoms with Gasteiger partial charge in [-0.1, -0.05) is 19.1 Å². The lowest BCUT2D eigenvalue weighted by atomic mass is 9.96. The minimum atomic E-state index is 0.143. The van der Waals surface area contributed by atoms with Gasteiger partial charge in [0, 0.05) is 25.6 Å². The van der Waals surface area contributed by atoms with Gasteiger partial charge in [-0.15, -0.1) is 0 Å². The SMILES string of the molecule is CCCSCCCNC(=O)C1CCN(c2nc3ccccc3[nH]2)CC1. The van der Waals surface area contributed by atoms with Gasteiger partial charge in [0.25, 0.3) is 0 Å². The largest absolute Gasteiger partial charge is 0.356 e. The molecule has 136 valence electrons. The Balaban J connectivity index is 1.41. The highest BCUT2D eigenvalue weighted by atomic mass is 32.2. The predicted molar refractivity (Wildman–Crippen MR) is 106 cm³/mol. The Morgan fingerprint density at radius 2 is 2.12 bits per heavy atom. The number of nitrogens with one attached hydrogen (secondary N) is 2. The second-order valence-corrected chi connectivity index (χ2v) is 7.82. The van der Waals surface area contributed by atoms with Gasteiger partial charge < -0.3 is 15.2 Å². The molecule has 2 heterocycles. The summed E-state index contributed by atoms with van der Waals surface area (Å²) in [5.41, 5.74) is 2.07. The average molecular weight is 361 g/mol. The van der Waals surface area contributed by atoms with Crippen LogP contribution in [0.4, 0.5) is 5.95 Å². The molecule has 0 unspecified atom stereocenters. The monoisotopic (exact) mass is 360 g/mol. The van der Waals surface area contributed by atoms with E-state index in [9.17, 15) is 4.79 Å². The van der Waals surface area contributed by atoms with Gasteiger partial charge in [-0.05, 0) is 49.3 Å². The zero-order valence-electron chi connectivity index (χ0n) is 15.0. The van der Waals surface area contributed by atoms with E-state index < -0.39 is 0 Å². The van der Waals surface area contributed by atoms with E-state index in [-0.39, 0.29) is 11.8 Å². The number of nitrogens with zero attached hydrogens (tertiary/aromatic N) is 2. The van der Waals surface area contributed by atoms with Crippen LogP contribution in [0.15, 0.2) is 24.3 Å². The lowest BCUT2D eigenvalue weighted by Gasteiger charge is -2.31. The summed E-state index contributed by atoms with van der Waals surface area (Å²) in [6, 6.07) is 8.09. The fraction of sp³-hybridized carbons (Fsp3) is 0.579. The molecule has 1 aromatic carbocycles. The van der Waals surface area contributed by atoms with Crippen molar-refractivity contribution >= 4 is 34.7 Å². The maximum atomic E-state index is 12.3. The van der Waals surface area contributed by atoms with Gasteiger partial charge in [0.15, 0.2) is 0 Å². The molecule has 1 amide bonds. The van der Waals surface area contributed by atoms with E-state index in [1.807, 2.05) is 36.0 Å². The van der Waals surface area contributed by atoms with Crippen molar-refractivity contribution in [2.75, 3.05) is 36.0 Å². The number of hydrogen-bond acceptors (Lipinski definition) is 4. The Labute approximate surface area is 154 Å². The van der Waals surface area contributed by atoms with Crippen molar-refractivity contribution in [2.45, 2.75) is 32.6 Å². The first-order valence-electron chi connectivity index (χ1n) is 9.33. The van der Waals surface area contributed by atoms with Crippen LogP contribution in [-0.4, -0.2) is 47.0 Å². The molecule has 0 spiro atoms. The first kappa shape index (κ1) is 18.1. The molecule has 0 saturated carbocycles. The Morgan fingerprint density at radius 3 is 2.88 bits per heavy atom. The zero-order chi connectivity index (χ0) is 17.5. The van der Waals surface area contributed by atoms with Crippen LogP contribution in [0.1, 0.15) is 32.6 Å². The molecular formula is C19H28N4OS. The Morgan fingerprint density at radius 1 is 1.32 bits per heavy atom. The van der Waals surface area contributed by atoms with Crippen LogP contribution in [0.5, 0.6) is 0 Å². The maximum absolute atomic E-state index is 12.3. The second-order valence-electron chi connectivity index (χ2n) is 6.60. The zero-order valence-corrected chi connectivity index (χ0v) is 15.8. The number of hydrogen-bond donors (Lipinski definition) is 2. The van der Waals surface area contributed by atoms with E-state index in [4.69, 9.17) is 0 Å². The number of benzene rings is 1. The van der Waals surface area contributed by atoms with E-state index in [2.05, 4.69) is 27.1 Å². The van der Waals surface area contributed by atoms with Crippen molar-refractivity contribution in [3.05, 3.63) is 24.3 Å². The van der Waals surface area contributed by atoms with Gasteiger partial charge in [0.1, 0.15) is 0 Å². The number of piperidine rings is 1. The number of anilines is 1. The van der Waals surface area contributed by atoms with Crippen LogP contribution in [-0.2, 0) is 4.79 Å². The van der Waals surface area contributed by atoms with Gasteiger partial charge in [0.2, 0.25) is 11.9 Å². The van der Waals surface area contributed by atoms with Crippen molar-refractivity contribution in [2.24, 2.45) is 5.92 Å². The van der Waals surface area contributed by atoms with Crippen LogP contribution in [0.25, 0.3) is 11.0 Å². The number of rotatable bonds is 8. The van der Waals surface area contributed by atoms with Crippen molar-refractivity contribution in [3.63, 3.8) is 0 Å². The number of aromatic amines is 1. The van der Waals surface area contributed by atoms with Crippen molar-refractivity contribution in [1.82, 2.24) is 15.3 Å². The fourth-order valence-electron chi connectivity index (χ4n) is 3.22. The molecule has 1 aromatic heterocycles. The van der Waals surface area contributed by atoms with Crippen molar-refractivity contribution in [3.8, 4) is 0 Å². The minimum Gasteiger partial charge on any atom is -0.356 e. The molecule has 2 N–H and O–H groups in total. The lowest BCUT2D eigenvalue weighted by molar-refractivity contribution is -0.125. The molecular weight excluding hydrogens is 332 g/mol. The molecule has 0 bridgehead atoms. The summed E-state index contributed by atoms with van der Waals surface area (Å²) in [7, 11) is 0. The van der Waals surface area contributed by atoms with E-state index in [0.29, 0.717) is 0 Å². The third-order valence-corrected chi connectivity index (χ3v) is 5.93. The first-order valence-corrected chi connectivity index (χ1v) is 10.5. The highest BCUT2D eigenvalue weighted by Crippen LogP contribution is 2.23. The van der Waals surface area contributed by atoms with Gasteiger partial charge in [0.05, 0.1) is 11.0 Å². The summed E-state index contributed by atoms with van der Waals surface area (Å²) in [5, 5.41) is 3.11. The topological polar surface area (TPSA) is 61.0 Å². The number of para-hydroxylation sites is 2. The average Bonchev–Trinajstić information content (AvgIpc) is 3.09. The standard InChI is InChI=1S/C19H28N4OS/c1-2-13-25-14-5-10-20-18(24)15-8-11-23(12-9-15)19-21-16-6-3-4-7-17(16)22-19/h3-4,6-7,15H,2,5,8-14H2,1H3,(H,20,24)(H,21,22). The molecule has 0 radical (unpaired) electrons. The molecule has 1 aliphatic rings. The number of imidazole rings is 1. The van der Waals surface area contributed by atoms with Crippen LogP contribution in [0.2, 0.25) is 0 Å². The number of carbonyl (C=O) groups excluding carboxylic acids is 1. The van der Waals surface area contributed by atoms with Crippen LogP contribution < -0.4 is 10.2 Å². The number of aromatic nitrogens is 2. The predicted octanol–water partition coefficient (Wildman–Crippen LogP) is 3.43. The molecule has 6 heteroatoms. The van der Waals surface area contributed by atoms with E-state index >= 15 is 0 Å². The molecule has 1 fully saturated rings. The van der Waals surface area contributed by atoms with Gasteiger partial charge >= 0.3 is 0 Å². The third-order valence-electron chi connectivity index (χ3n) is 4.66. The second kappa shape index (κ2) is 9.13. The maximum Gasteiger partial charge on any atom is 0.223 e. The molecule has 1 aliphatic heterocycles. The fourth-order valence-corrected chi connectivity index (χ4v) is 4.06. The Bertz CT molecular complexity index is 646. The van der Waals surface area contributed by atoms with Gasteiger partial charge in [-0.2, -0.15) is 11.8 Å². The number of fused-ring (bicyclic) bond motifs is 1. The van der Waals surface area contributed by atoms with Crippen LogP contribution in [0, 0.1) is 5.92 Å². The number of thioether (sulfide) groups is 1. The third kappa shape index (κ3) is 4.91. The molecule has 0 atom stereocenters. The van der Waals surface area contributed by atoms with Crippen molar-refractivity contribution in [1.29, 1.82) is 0 Å². The Hall–Kier alpha value is -1.69. The minimum absolute atomic E-state index is 0.143. The lowest BCUT2D eigenvalue weighted by Crippen LogP contribution is -2.41. The van der Waals surface area contributed by atoms with E-state index in [1.54, 1.807) is 0 Å². The molecule has 5 nitrogen and oxygen atoms in total. The highest BCUT2D eigenvalue weighted by Gasteiger charge is 2.26.